The first-order valence-electron chi connectivity index (χ1n) is 4.64. The number of nitrogens with two attached hydrogens (primary N) is 2. The summed E-state index contributed by atoms with van der Waals surface area (Å²) in [5.74, 6) is -0.730. The highest BCUT2D eigenvalue weighted by molar-refractivity contribution is 5.87. The molecule has 0 aliphatic carbocycles. The first-order valence-corrected chi connectivity index (χ1v) is 4.64. The minimum Gasteiger partial charge on any atom is -0.370 e. The summed E-state index contributed by atoms with van der Waals surface area (Å²) < 4.78 is 0. The monoisotopic (exact) mass is 200 g/mol. The zero-order chi connectivity index (χ0) is 10.6. The van der Waals surface area contributed by atoms with Crippen molar-refractivity contribution in [2.24, 2.45) is 11.5 Å². The average Bonchev–Trinajstić information content (AvgIpc) is 2.17. The lowest BCUT2D eigenvalue weighted by molar-refractivity contribution is -0.135. The first-order chi connectivity index (χ1) is 6.61. The molecule has 14 heavy (non-hydrogen) atoms. The molecule has 0 aromatic rings. The van der Waals surface area contributed by atoms with Crippen LogP contribution in [-0.4, -0.2) is 48.9 Å². The summed E-state index contributed by atoms with van der Waals surface area (Å²) >= 11 is 0. The average molecular weight is 200 g/mol. The molecule has 6 nitrogen and oxygen atoms in total. The number of amides is 2. The van der Waals surface area contributed by atoms with Crippen LogP contribution in [0.2, 0.25) is 0 Å². The van der Waals surface area contributed by atoms with E-state index in [2.05, 4.69) is 5.32 Å². The van der Waals surface area contributed by atoms with Gasteiger partial charge in [-0.25, -0.2) is 0 Å². The molecule has 1 atom stereocenters. The maximum atomic E-state index is 11.6. The van der Waals surface area contributed by atoms with Crippen LogP contribution in [0.15, 0.2) is 0 Å². The fraction of sp³-hybridized carbons (Fsp3) is 0.750. The number of carbonyl (C=O) groups is 2. The van der Waals surface area contributed by atoms with Crippen LogP contribution in [0.25, 0.3) is 0 Å². The maximum absolute atomic E-state index is 11.6. The third kappa shape index (κ3) is 2.97. The van der Waals surface area contributed by atoms with E-state index < -0.39 is 11.9 Å². The van der Waals surface area contributed by atoms with Crippen molar-refractivity contribution in [3.8, 4) is 0 Å². The zero-order valence-corrected chi connectivity index (χ0v) is 8.03. The topological polar surface area (TPSA) is 101 Å². The second kappa shape index (κ2) is 4.92. The van der Waals surface area contributed by atoms with Crippen molar-refractivity contribution < 1.29 is 9.59 Å². The van der Waals surface area contributed by atoms with Gasteiger partial charge in [-0.1, -0.05) is 0 Å². The van der Waals surface area contributed by atoms with Gasteiger partial charge in [0, 0.05) is 26.2 Å². The van der Waals surface area contributed by atoms with Crippen LogP contribution in [0, 0.1) is 0 Å². The highest BCUT2D eigenvalue weighted by Crippen LogP contribution is 1.98. The van der Waals surface area contributed by atoms with Crippen LogP contribution < -0.4 is 16.8 Å². The summed E-state index contributed by atoms with van der Waals surface area (Å²) in [6, 6.07) is -0.786. The summed E-state index contributed by atoms with van der Waals surface area (Å²) in [4.78, 5) is 23.8. The number of carbonyl (C=O) groups excluding carboxylic acids is 2. The minimum atomic E-state index is -0.786. The number of primary amides is 1. The molecule has 1 rings (SSSR count). The van der Waals surface area contributed by atoms with E-state index >= 15 is 0 Å². The van der Waals surface area contributed by atoms with E-state index in [0.29, 0.717) is 13.1 Å². The van der Waals surface area contributed by atoms with Gasteiger partial charge in [0.25, 0.3) is 0 Å². The number of piperazine rings is 1. The molecule has 5 N–H and O–H groups in total. The van der Waals surface area contributed by atoms with Crippen LogP contribution in [0.3, 0.4) is 0 Å². The Hall–Kier alpha value is -1.14. The van der Waals surface area contributed by atoms with Gasteiger partial charge in [0.05, 0.1) is 12.5 Å². The van der Waals surface area contributed by atoms with Crippen molar-refractivity contribution >= 4 is 11.8 Å². The fourth-order valence-electron chi connectivity index (χ4n) is 1.42. The minimum absolute atomic E-state index is 0.0806. The van der Waals surface area contributed by atoms with Crippen molar-refractivity contribution in [3.63, 3.8) is 0 Å². The van der Waals surface area contributed by atoms with E-state index in [0.717, 1.165) is 13.1 Å². The second-order valence-electron chi connectivity index (χ2n) is 3.35. The van der Waals surface area contributed by atoms with Crippen LogP contribution in [-0.2, 0) is 9.59 Å². The highest BCUT2D eigenvalue weighted by atomic mass is 16.2. The van der Waals surface area contributed by atoms with Gasteiger partial charge in [-0.2, -0.15) is 0 Å². The number of nitrogens with zero attached hydrogens (tertiary/aromatic N) is 1. The van der Waals surface area contributed by atoms with E-state index in [1.165, 1.54) is 0 Å². The molecular formula is C8H16N4O2. The van der Waals surface area contributed by atoms with Gasteiger partial charge in [0.2, 0.25) is 11.8 Å². The fourth-order valence-corrected chi connectivity index (χ4v) is 1.42. The maximum Gasteiger partial charge on any atom is 0.240 e. The van der Waals surface area contributed by atoms with E-state index in [1.807, 2.05) is 0 Å². The van der Waals surface area contributed by atoms with Crippen molar-refractivity contribution in [3.05, 3.63) is 0 Å². The third-order valence-corrected chi connectivity index (χ3v) is 2.17. The van der Waals surface area contributed by atoms with Gasteiger partial charge in [-0.15, -0.1) is 0 Å². The number of nitrogens with one attached hydrogen (secondary N) is 1. The van der Waals surface area contributed by atoms with E-state index in [9.17, 15) is 9.59 Å². The molecule has 1 unspecified atom stereocenters. The van der Waals surface area contributed by atoms with E-state index in [-0.39, 0.29) is 12.3 Å². The predicted octanol–water partition coefficient (Wildman–Crippen LogP) is -2.38. The molecule has 0 bridgehead atoms. The van der Waals surface area contributed by atoms with Gasteiger partial charge in [0.15, 0.2) is 0 Å². The van der Waals surface area contributed by atoms with Gasteiger partial charge >= 0.3 is 0 Å². The van der Waals surface area contributed by atoms with Crippen molar-refractivity contribution in [1.82, 2.24) is 10.2 Å². The standard InChI is InChI=1S/C8H16N4O2/c9-6(5-7(10)13)8(14)12-3-1-11-2-4-12/h6,11H,1-5,9H2,(H2,10,13). The van der Waals surface area contributed by atoms with E-state index in [1.54, 1.807) is 4.90 Å². The van der Waals surface area contributed by atoms with Crippen molar-refractivity contribution in [2.75, 3.05) is 26.2 Å². The molecule has 0 aromatic carbocycles. The lowest BCUT2D eigenvalue weighted by Crippen LogP contribution is -2.52. The van der Waals surface area contributed by atoms with E-state index in [4.69, 9.17) is 11.5 Å². The van der Waals surface area contributed by atoms with Crippen LogP contribution in [0.1, 0.15) is 6.42 Å². The molecule has 0 radical (unpaired) electrons. The molecule has 1 heterocycles. The molecule has 6 heteroatoms. The molecule has 0 saturated carbocycles. The quantitative estimate of drug-likeness (QED) is 0.473. The molecule has 0 aromatic heterocycles. The second-order valence-corrected chi connectivity index (χ2v) is 3.35. The smallest absolute Gasteiger partial charge is 0.240 e. The van der Waals surface area contributed by atoms with Crippen LogP contribution >= 0.6 is 0 Å². The third-order valence-electron chi connectivity index (χ3n) is 2.17. The largest absolute Gasteiger partial charge is 0.370 e. The molecule has 1 fully saturated rings. The van der Waals surface area contributed by atoms with Gasteiger partial charge in [-0.05, 0) is 0 Å². The Labute approximate surface area is 82.6 Å². The van der Waals surface area contributed by atoms with Crippen LogP contribution in [0.5, 0.6) is 0 Å². The molecular weight excluding hydrogens is 184 g/mol. The van der Waals surface area contributed by atoms with Gasteiger partial charge < -0.3 is 21.7 Å². The van der Waals surface area contributed by atoms with Crippen molar-refractivity contribution in [2.45, 2.75) is 12.5 Å². The summed E-state index contributed by atoms with van der Waals surface area (Å²) in [6.07, 6.45) is -0.0806. The predicted molar refractivity (Wildman–Crippen MR) is 51.2 cm³/mol. The Morgan fingerprint density at radius 1 is 1.36 bits per heavy atom. The molecule has 2 amide bonds. The summed E-state index contributed by atoms with van der Waals surface area (Å²) in [5, 5.41) is 3.12. The molecule has 1 aliphatic rings. The number of hydrogen-bond donors (Lipinski definition) is 3. The normalized spacial score (nSPS) is 19.1. The lowest BCUT2D eigenvalue weighted by atomic mass is 10.1. The Balaban J connectivity index is 2.42. The first kappa shape index (κ1) is 10.9. The summed E-state index contributed by atoms with van der Waals surface area (Å²) in [6.45, 7) is 2.83. The molecule has 0 spiro atoms. The highest BCUT2D eigenvalue weighted by Gasteiger charge is 2.23. The SMILES string of the molecule is NC(=O)CC(N)C(=O)N1CCNCC1. The Morgan fingerprint density at radius 3 is 2.43 bits per heavy atom. The lowest BCUT2D eigenvalue weighted by Gasteiger charge is -2.29. The Kier molecular flexibility index (Phi) is 3.84. The van der Waals surface area contributed by atoms with Crippen LogP contribution in [0.4, 0.5) is 0 Å². The summed E-state index contributed by atoms with van der Waals surface area (Å²) in [5.41, 5.74) is 10.5. The van der Waals surface area contributed by atoms with Gasteiger partial charge in [-0.3, -0.25) is 9.59 Å². The Morgan fingerprint density at radius 2 is 1.93 bits per heavy atom. The molecule has 80 valence electrons. The molecule has 1 aliphatic heterocycles. The zero-order valence-electron chi connectivity index (χ0n) is 8.03. The van der Waals surface area contributed by atoms with Gasteiger partial charge in [0.1, 0.15) is 0 Å². The summed E-state index contributed by atoms with van der Waals surface area (Å²) in [7, 11) is 0. The Bertz CT molecular complexity index is 225. The molecule has 1 saturated heterocycles. The number of hydrogen-bond acceptors (Lipinski definition) is 4. The van der Waals surface area contributed by atoms with Crippen molar-refractivity contribution in [1.29, 1.82) is 0 Å². The number of rotatable bonds is 3.